The van der Waals surface area contributed by atoms with E-state index in [0.717, 1.165) is 6.07 Å². The molecule has 2 bridgehead atoms. The number of anilines is 1. The van der Waals surface area contributed by atoms with E-state index in [2.05, 4.69) is 10.6 Å². The van der Waals surface area contributed by atoms with E-state index in [9.17, 15) is 36.3 Å². The van der Waals surface area contributed by atoms with E-state index in [1.807, 2.05) is 13.8 Å². The Kier molecular flexibility index (Phi) is 9.61. The number of hydrogen-bond donors (Lipinski definition) is 3. The molecule has 0 spiro atoms. The van der Waals surface area contributed by atoms with Gasteiger partial charge >= 0.3 is 5.97 Å². The van der Waals surface area contributed by atoms with Crippen LogP contribution in [0.5, 0.6) is 0 Å². The summed E-state index contributed by atoms with van der Waals surface area (Å²) >= 11 is 6.28. The molecule has 1 amide bonds. The summed E-state index contributed by atoms with van der Waals surface area (Å²) < 4.78 is 73.2. The number of hydrogen-bond acceptors (Lipinski definition) is 7. The number of sulfone groups is 1. The van der Waals surface area contributed by atoms with Crippen LogP contribution in [0.15, 0.2) is 35.2 Å². The van der Waals surface area contributed by atoms with E-state index in [1.54, 1.807) is 6.92 Å². The van der Waals surface area contributed by atoms with Crippen LogP contribution >= 0.6 is 11.6 Å². The van der Waals surface area contributed by atoms with Gasteiger partial charge in [0.05, 0.1) is 27.4 Å². The minimum atomic E-state index is -4.07. The third kappa shape index (κ3) is 6.31. The van der Waals surface area contributed by atoms with E-state index in [4.69, 9.17) is 16.3 Å². The van der Waals surface area contributed by atoms with Crippen LogP contribution in [0.4, 0.5) is 18.9 Å². The molecule has 1 unspecified atom stereocenters. The number of halogens is 4. The SMILES string of the molecule is CCOC(=O)[C@@H](NC[C@@]1(O)C2CC[C@H]1C[C@H](S(=O)(=O)c1cc(C(=O)Nc3cc(F)c(F)c(F)c3)ccc1Cl)C2)C(C)C. The fourth-order valence-electron chi connectivity index (χ4n) is 6.12. The summed E-state index contributed by atoms with van der Waals surface area (Å²) in [5.41, 5.74) is -1.70. The van der Waals surface area contributed by atoms with E-state index in [0.29, 0.717) is 25.0 Å². The number of benzene rings is 2. The van der Waals surface area contributed by atoms with Crippen molar-refractivity contribution in [1.82, 2.24) is 5.32 Å². The Morgan fingerprint density at radius 2 is 1.69 bits per heavy atom. The van der Waals surface area contributed by atoms with Crippen LogP contribution in [0.3, 0.4) is 0 Å². The summed E-state index contributed by atoms with van der Waals surface area (Å²) in [6.07, 6.45) is 1.54. The number of amides is 1. The Morgan fingerprint density at radius 3 is 2.24 bits per heavy atom. The number of ether oxygens (including phenoxy) is 1. The van der Waals surface area contributed by atoms with Gasteiger partial charge in [-0.1, -0.05) is 25.4 Å². The molecule has 2 aliphatic rings. The Morgan fingerprint density at radius 1 is 1.10 bits per heavy atom. The molecule has 8 nitrogen and oxygen atoms in total. The van der Waals surface area contributed by atoms with E-state index in [1.165, 1.54) is 12.1 Å². The lowest BCUT2D eigenvalue weighted by molar-refractivity contribution is -0.147. The molecule has 4 rings (SSSR count). The standard InChI is InChI=1S/C29H34ClF3N2O6S/c1-4-41-28(37)26(15(2)3)34-14-29(38)17-6-7-18(29)11-20(10-17)42(39,40)24-9-16(5-8-21(24)30)27(36)35-19-12-22(31)25(33)23(32)13-19/h5,8-9,12-13,15,17-18,20,26,34,38H,4,6-7,10-11,14H2,1-3H3,(H,35,36)/t17-,18?,20-,26-,29-/m0/s1. The number of fused-ring (bicyclic) bond motifs is 2. The fraction of sp³-hybridized carbons (Fsp3) is 0.517. The quantitative estimate of drug-likeness (QED) is 0.253. The predicted octanol–water partition coefficient (Wildman–Crippen LogP) is 4.88. The third-order valence-corrected chi connectivity index (χ3v) is 11.0. The largest absolute Gasteiger partial charge is 0.465 e. The summed E-state index contributed by atoms with van der Waals surface area (Å²) in [4.78, 5) is 24.9. The van der Waals surface area contributed by atoms with Gasteiger partial charge in [-0.25, -0.2) is 21.6 Å². The Balaban J connectivity index is 1.51. The fourth-order valence-corrected chi connectivity index (χ4v) is 8.52. The first kappa shape index (κ1) is 32.2. The maximum atomic E-state index is 13.8. The molecular weight excluding hydrogens is 597 g/mol. The van der Waals surface area contributed by atoms with Crippen LogP contribution in [0.25, 0.3) is 0 Å². The normalized spacial score (nSPS) is 24.5. The van der Waals surface area contributed by atoms with E-state index in [-0.39, 0.29) is 64.9 Å². The number of carbonyl (C=O) groups excluding carboxylic acids is 2. The molecule has 0 heterocycles. The van der Waals surface area contributed by atoms with Gasteiger partial charge in [0.1, 0.15) is 6.04 Å². The molecule has 230 valence electrons. The van der Waals surface area contributed by atoms with Crippen molar-refractivity contribution in [2.75, 3.05) is 18.5 Å². The minimum absolute atomic E-state index is 0.0882. The molecule has 0 radical (unpaired) electrons. The Hall–Kier alpha value is -2.67. The van der Waals surface area contributed by atoms with Crippen molar-refractivity contribution in [3.8, 4) is 0 Å². The smallest absolute Gasteiger partial charge is 0.323 e. The summed E-state index contributed by atoms with van der Waals surface area (Å²) in [5, 5.41) is 16.1. The second-order valence-electron chi connectivity index (χ2n) is 11.3. The van der Waals surface area contributed by atoms with Crippen molar-refractivity contribution < 1.29 is 41.0 Å². The Bertz CT molecular complexity index is 1430. The van der Waals surface area contributed by atoms with Crippen molar-refractivity contribution in [2.24, 2.45) is 17.8 Å². The highest BCUT2D eigenvalue weighted by Crippen LogP contribution is 2.52. The zero-order valence-corrected chi connectivity index (χ0v) is 25.0. The zero-order chi connectivity index (χ0) is 31.0. The maximum Gasteiger partial charge on any atom is 0.323 e. The molecular formula is C29H34ClF3N2O6S. The van der Waals surface area contributed by atoms with Gasteiger partial charge in [0.15, 0.2) is 27.3 Å². The van der Waals surface area contributed by atoms with Gasteiger partial charge in [-0.3, -0.25) is 9.59 Å². The van der Waals surface area contributed by atoms with Crippen LogP contribution < -0.4 is 10.6 Å². The van der Waals surface area contributed by atoms with E-state index < -0.39 is 56.1 Å². The Labute approximate surface area is 247 Å². The monoisotopic (exact) mass is 630 g/mol. The molecule has 0 aliphatic heterocycles. The first-order valence-corrected chi connectivity index (χ1v) is 15.7. The third-order valence-electron chi connectivity index (χ3n) is 8.37. The highest BCUT2D eigenvalue weighted by Gasteiger charge is 2.55. The lowest BCUT2D eigenvalue weighted by Crippen LogP contribution is -2.57. The number of carbonyl (C=O) groups is 2. The lowest BCUT2D eigenvalue weighted by Gasteiger charge is -2.43. The van der Waals surface area contributed by atoms with Crippen LogP contribution in [0.1, 0.15) is 56.8 Å². The second kappa shape index (κ2) is 12.5. The average Bonchev–Trinajstić information content (AvgIpc) is 3.07. The zero-order valence-electron chi connectivity index (χ0n) is 23.4. The summed E-state index contributed by atoms with van der Waals surface area (Å²) in [6, 6.07) is 4.19. The minimum Gasteiger partial charge on any atom is -0.465 e. The molecule has 5 atom stereocenters. The van der Waals surface area contributed by atoms with Gasteiger partial charge in [-0.15, -0.1) is 0 Å². The lowest BCUT2D eigenvalue weighted by atomic mass is 9.74. The molecule has 42 heavy (non-hydrogen) atoms. The maximum absolute atomic E-state index is 13.8. The molecule has 2 fully saturated rings. The second-order valence-corrected chi connectivity index (χ2v) is 13.9. The van der Waals surface area contributed by atoms with Gasteiger partial charge in [-0.2, -0.15) is 0 Å². The summed E-state index contributed by atoms with van der Waals surface area (Å²) in [6.45, 7) is 5.79. The molecule has 3 N–H and O–H groups in total. The summed E-state index contributed by atoms with van der Waals surface area (Å²) in [7, 11) is -4.07. The highest BCUT2D eigenvalue weighted by molar-refractivity contribution is 7.92. The first-order valence-electron chi connectivity index (χ1n) is 13.8. The van der Waals surface area contributed by atoms with Crippen molar-refractivity contribution in [2.45, 2.75) is 68.2 Å². The molecule has 2 aromatic rings. The molecule has 2 aromatic carbocycles. The van der Waals surface area contributed by atoms with Crippen molar-refractivity contribution in [3.63, 3.8) is 0 Å². The number of rotatable bonds is 10. The van der Waals surface area contributed by atoms with Gasteiger partial charge < -0.3 is 20.5 Å². The molecule has 2 aliphatic carbocycles. The molecule has 2 saturated carbocycles. The van der Waals surface area contributed by atoms with Crippen LogP contribution in [0, 0.1) is 35.2 Å². The van der Waals surface area contributed by atoms with E-state index >= 15 is 0 Å². The number of aliphatic hydroxyl groups is 1. The van der Waals surface area contributed by atoms with Crippen LogP contribution in [0.2, 0.25) is 5.02 Å². The van der Waals surface area contributed by atoms with Crippen molar-refractivity contribution in [1.29, 1.82) is 0 Å². The number of esters is 1. The van der Waals surface area contributed by atoms with Gasteiger partial charge in [0.2, 0.25) is 0 Å². The highest BCUT2D eigenvalue weighted by atomic mass is 35.5. The van der Waals surface area contributed by atoms with Gasteiger partial charge in [0, 0.05) is 29.9 Å². The van der Waals surface area contributed by atoms with Crippen LogP contribution in [-0.2, 0) is 19.4 Å². The average molecular weight is 631 g/mol. The molecule has 0 saturated heterocycles. The number of nitrogens with one attached hydrogen (secondary N) is 2. The van der Waals surface area contributed by atoms with Crippen molar-refractivity contribution >= 4 is 39.0 Å². The predicted molar refractivity (Wildman–Crippen MR) is 150 cm³/mol. The first-order chi connectivity index (χ1) is 19.7. The molecule has 0 aromatic heterocycles. The van der Waals surface area contributed by atoms with Crippen molar-refractivity contribution in [3.05, 3.63) is 58.4 Å². The van der Waals surface area contributed by atoms with Gasteiger partial charge in [-0.05, 0) is 68.6 Å². The van der Waals surface area contributed by atoms with Crippen LogP contribution in [-0.4, -0.2) is 55.4 Å². The molecule has 13 heteroatoms. The van der Waals surface area contributed by atoms with Gasteiger partial charge in [0.25, 0.3) is 5.91 Å². The summed E-state index contributed by atoms with van der Waals surface area (Å²) in [5.74, 6) is -6.75. The topological polar surface area (TPSA) is 122 Å².